The average Bonchev–Trinajstić information content (AvgIpc) is 3.09. The van der Waals surface area contributed by atoms with Crippen molar-refractivity contribution in [1.29, 1.82) is 0 Å². The van der Waals surface area contributed by atoms with Crippen LogP contribution in [0.3, 0.4) is 0 Å². The minimum atomic E-state index is 0.351. The molecule has 0 amide bonds. The predicted octanol–water partition coefficient (Wildman–Crippen LogP) is 2.26. The Labute approximate surface area is 105 Å². The number of nitrogens with one attached hydrogen (secondary N) is 1. The minimum Gasteiger partial charge on any atom is -0.271 e. The zero-order chi connectivity index (χ0) is 11.5. The lowest BCUT2D eigenvalue weighted by Gasteiger charge is -2.23. The van der Waals surface area contributed by atoms with E-state index in [0.29, 0.717) is 12.0 Å². The fraction of sp³-hybridized carbons (Fsp3) is 0.583. The van der Waals surface area contributed by atoms with Crippen LogP contribution in [0.5, 0.6) is 0 Å². The zero-order valence-electron chi connectivity index (χ0n) is 9.49. The second-order valence-electron chi connectivity index (χ2n) is 4.69. The summed E-state index contributed by atoms with van der Waals surface area (Å²) in [6, 6.07) is 2.46. The highest BCUT2D eigenvalue weighted by Crippen LogP contribution is 2.38. The normalized spacial score (nSPS) is 19.4. The second-order valence-corrected chi connectivity index (χ2v) is 5.60. The summed E-state index contributed by atoms with van der Waals surface area (Å²) in [5, 5.41) is 0. The van der Waals surface area contributed by atoms with Gasteiger partial charge in [0.2, 0.25) is 0 Å². The molecule has 3 N–H and O–H groups in total. The molecule has 1 saturated carbocycles. The molecule has 1 aromatic rings. The third-order valence-electron chi connectivity index (χ3n) is 3.43. The summed E-state index contributed by atoms with van der Waals surface area (Å²) in [6.45, 7) is 2.29. The molecular formula is C12H18BrN3. The van der Waals surface area contributed by atoms with Gasteiger partial charge in [0, 0.05) is 22.9 Å². The van der Waals surface area contributed by atoms with E-state index in [9.17, 15) is 0 Å². The van der Waals surface area contributed by atoms with Crippen molar-refractivity contribution in [2.45, 2.75) is 32.2 Å². The number of nitrogens with two attached hydrogens (primary N) is 1. The van der Waals surface area contributed by atoms with Gasteiger partial charge in [-0.25, -0.2) is 0 Å². The van der Waals surface area contributed by atoms with Crippen molar-refractivity contribution in [2.24, 2.45) is 17.7 Å². The molecule has 0 radical (unpaired) electrons. The molecule has 1 fully saturated rings. The molecule has 0 saturated heterocycles. The molecule has 1 aliphatic carbocycles. The van der Waals surface area contributed by atoms with Crippen molar-refractivity contribution in [3.8, 4) is 0 Å². The summed E-state index contributed by atoms with van der Waals surface area (Å²) in [5.41, 5.74) is 4.17. The van der Waals surface area contributed by atoms with Crippen LogP contribution in [0.15, 0.2) is 22.9 Å². The van der Waals surface area contributed by atoms with Gasteiger partial charge >= 0.3 is 0 Å². The highest BCUT2D eigenvalue weighted by Gasteiger charge is 2.32. The van der Waals surface area contributed by atoms with Gasteiger partial charge in [-0.3, -0.25) is 16.3 Å². The first kappa shape index (κ1) is 12.0. The Hall–Kier alpha value is -0.450. The first-order valence-corrected chi connectivity index (χ1v) is 6.55. The summed E-state index contributed by atoms with van der Waals surface area (Å²) in [5.74, 6) is 7.15. The maximum absolute atomic E-state index is 5.64. The minimum absolute atomic E-state index is 0.351. The van der Waals surface area contributed by atoms with Crippen LogP contribution in [0.1, 0.15) is 25.3 Å². The van der Waals surface area contributed by atoms with Gasteiger partial charge in [0.05, 0.1) is 0 Å². The topological polar surface area (TPSA) is 50.9 Å². The van der Waals surface area contributed by atoms with E-state index in [1.54, 1.807) is 6.20 Å². The molecule has 2 rings (SSSR count). The van der Waals surface area contributed by atoms with E-state index in [2.05, 4.69) is 39.3 Å². The van der Waals surface area contributed by atoms with Crippen molar-refractivity contribution < 1.29 is 0 Å². The Morgan fingerprint density at radius 1 is 1.56 bits per heavy atom. The quantitative estimate of drug-likeness (QED) is 0.644. The summed E-state index contributed by atoms with van der Waals surface area (Å²) in [7, 11) is 0. The summed E-state index contributed by atoms with van der Waals surface area (Å²) < 4.78 is 1.03. The van der Waals surface area contributed by atoms with Crippen molar-refractivity contribution in [3.63, 3.8) is 0 Å². The lowest BCUT2D eigenvalue weighted by molar-refractivity contribution is 0.343. The largest absolute Gasteiger partial charge is 0.271 e. The Bertz CT molecular complexity index is 352. The standard InChI is InChI=1S/C12H18BrN3/c1-8(10-2-3-10)12(16-14)5-9-4-11(13)7-15-6-9/h4,6-8,10,12,16H,2-3,5,14H2,1H3. The number of nitrogens with zero attached hydrogens (tertiary/aromatic N) is 1. The molecule has 1 heterocycles. The van der Waals surface area contributed by atoms with E-state index in [0.717, 1.165) is 16.8 Å². The molecule has 2 unspecified atom stereocenters. The van der Waals surface area contributed by atoms with Crippen LogP contribution in [0.2, 0.25) is 0 Å². The van der Waals surface area contributed by atoms with Gasteiger partial charge in [-0.15, -0.1) is 0 Å². The lowest BCUT2D eigenvalue weighted by Crippen LogP contribution is -2.42. The van der Waals surface area contributed by atoms with E-state index in [1.807, 2.05) is 6.20 Å². The van der Waals surface area contributed by atoms with Crippen molar-refractivity contribution in [3.05, 3.63) is 28.5 Å². The van der Waals surface area contributed by atoms with Crippen LogP contribution >= 0.6 is 15.9 Å². The molecule has 0 aliphatic heterocycles. The maximum Gasteiger partial charge on any atom is 0.0410 e. The number of hydrogen-bond acceptors (Lipinski definition) is 3. The zero-order valence-corrected chi connectivity index (χ0v) is 11.1. The third kappa shape index (κ3) is 3.03. The highest BCUT2D eigenvalue weighted by atomic mass is 79.9. The molecule has 1 aromatic heterocycles. The van der Waals surface area contributed by atoms with E-state index in [4.69, 9.17) is 5.84 Å². The van der Waals surface area contributed by atoms with Gasteiger partial charge in [0.15, 0.2) is 0 Å². The molecular weight excluding hydrogens is 266 g/mol. The smallest absolute Gasteiger partial charge is 0.0410 e. The van der Waals surface area contributed by atoms with E-state index >= 15 is 0 Å². The average molecular weight is 284 g/mol. The van der Waals surface area contributed by atoms with Gasteiger partial charge in [-0.2, -0.15) is 0 Å². The van der Waals surface area contributed by atoms with Crippen LogP contribution in [0, 0.1) is 11.8 Å². The molecule has 88 valence electrons. The van der Waals surface area contributed by atoms with Crippen LogP contribution < -0.4 is 11.3 Å². The molecule has 3 nitrogen and oxygen atoms in total. The Morgan fingerprint density at radius 3 is 2.88 bits per heavy atom. The van der Waals surface area contributed by atoms with E-state index in [-0.39, 0.29) is 0 Å². The Kier molecular flexibility index (Phi) is 3.95. The van der Waals surface area contributed by atoms with E-state index < -0.39 is 0 Å². The molecule has 0 spiro atoms. The number of hydrogen-bond donors (Lipinski definition) is 2. The Balaban J connectivity index is 2.00. The lowest BCUT2D eigenvalue weighted by atomic mass is 9.92. The molecule has 1 aliphatic rings. The monoisotopic (exact) mass is 283 g/mol. The molecule has 2 atom stereocenters. The van der Waals surface area contributed by atoms with Crippen LogP contribution in [-0.2, 0) is 6.42 Å². The van der Waals surface area contributed by atoms with Crippen molar-refractivity contribution >= 4 is 15.9 Å². The summed E-state index contributed by atoms with van der Waals surface area (Å²) >= 11 is 3.44. The number of aromatic nitrogens is 1. The van der Waals surface area contributed by atoms with Crippen LogP contribution in [0.4, 0.5) is 0 Å². The fourth-order valence-corrected chi connectivity index (χ4v) is 2.58. The highest BCUT2D eigenvalue weighted by molar-refractivity contribution is 9.10. The Morgan fingerprint density at radius 2 is 2.31 bits per heavy atom. The van der Waals surface area contributed by atoms with Gasteiger partial charge in [0.1, 0.15) is 0 Å². The molecule has 16 heavy (non-hydrogen) atoms. The second kappa shape index (κ2) is 5.25. The van der Waals surface area contributed by atoms with Crippen LogP contribution in [-0.4, -0.2) is 11.0 Å². The summed E-state index contributed by atoms with van der Waals surface area (Å²) in [6.07, 6.45) is 7.38. The SMILES string of the molecule is CC(C1CC1)C(Cc1cncc(Br)c1)NN. The van der Waals surface area contributed by atoms with Gasteiger partial charge in [-0.1, -0.05) is 6.92 Å². The number of rotatable bonds is 5. The maximum atomic E-state index is 5.64. The first-order valence-electron chi connectivity index (χ1n) is 5.76. The van der Waals surface area contributed by atoms with Gasteiger partial charge in [-0.05, 0) is 58.7 Å². The van der Waals surface area contributed by atoms with Crippen molar-refractivity contribution in [2.75, 3.05) is 0 Å². The van der Waals surface area contributed by atoms with Gasteiger partial charge < -0.3 is 0 Å². The predicted molar refractivity (Wildman–Crippen MR) is 68.6 cm³/mol. The molecule has 4 heteroatoms. The van der Waals surface area contributed by atoms with Crippen molar-refractivity contribution in [1.82, 2.24) is 10.4 Å². The first-order chi connectivity index (χ1) is 7.70. The number of halogens is 1. The molecule has 0 bridgehead atoms. The third-order valence-corrected chi connectivity index (χ3v) is 3.87. The van der Waals surface area contributed by atoms with Crippen LogP contribution in [0.25, 0.3) is 0 Å². The van der Waals surface area contributed by atoms with Gasteiger partial charge in [0.25, 0.3) is 0 Å². The van der Waals surface area contributed by atoms with E-state index in [1.165, 1.54) is 18.4 Å². The fourth-order valence-electron chi connectivity index (χ4n) is 2.17. The number of pyridine rings is 1. The summed E-state index contributed by atoms with van der Waals surface area (Å²) in [4.78, 5) is 4.18. The molecule has 0 aromatic carbocycles. The number of hydrazine groups is 1.